The lowest BCUT2D eigenvalue weighted by Gasteiger charge is -2.20. The number of nitrogens with zero attached hydrogens (tertiary/aromatic N) is 2. The molecule has 2 aromatic carbocycles. The number of anilines is 1. The highest BCUT2D eigenvalue weighted by Crippen LogP contribution is 2.40. The van der Waals surface area contributed by atoms with E-state index in [2.05, 4.69) is 10.4 Å². The van der Waals surface area contributed by atoms with Gasteiger partial charge in [0.15, 0.2) is 17.3 Å². The van der Waals surface area contributed by atoms with Crippen LogP contribution in [0.2, 0.25) is 5.02 Å². The highest BCUT2D eigenvalue weighted by Gasteiger charge is 2.19. The fourth-order valence-electron chi connectivity index (χ4n) is 3.03. The van der Waals surface area contributed by atoms with Crippen molar-refractivity contribution in [1.82, 2.24) is 9.78 Å². The van der Waals surface area contributed by atoms with Crippen LogP contribution in [0.3, 0.4) is 0 Å². The van der Waals surface area contributed by atoms with Crippen molar-refractivity contribution in [2.24, 2.45) is 0 Å². The van der Waals surface area contributed by atoms with Gasteiger partial charge < -0.3 is 19.5 Å². The summed E-state index contributed by atoms with van der Waals surface area (Å²) in [6, 6.07) is 5.98. The Hall–Kier alpha value is -3.33. The van der Waals surface area contributed by atoms with E-state index < -0.39 is 17.2 Å². The van der Waals surface area contributed by atoms with E-state index in [1.54, 1.807) is 12.1 Å². The number of ether oxygens (including phenoxy) is 3. The van der Waals surface area contributed by atoms with Crippen LogP contribution < -0.4 is 25.1 Å². The second-order valence-corrected chi connectivity index (χ2v) is 6.89. The quantitative estimate of drug-likeness (QED) is 0.575. The van der Waals surface area contributed by atoms with E-state index in [1.165, 1.54) is 27.5 Å². The van der Waals surface area contributed by atoms with Crippen molar-refractivity contribution in [3.05, 3.63) is 69.1 Å². The fourth-order valence-corrected chi connectivity index (χ4v) is 3.21. The van der Waals surface area contributed by atoms with Crippen molar-refractivity contribution < 1.29 is 23.0 Å². The number of hydrogen-bond donors (Lipinski definition) is 1. The van der Waals surface area contributed by atoms with Crippen LogP contribution in [0.5, 0.6) is 17.2 Å². The monoisotopic (exact) mass is 451 g/mol. The van der Waals surface area contributed by atoms with E-state index >= 15 is 0 Å². The molecule has 1 atom stereocenters. The number of methoxy groups -OCH3 is 3. The molecule has 1 N–H and O–H groups in total. The zero-order valence-electron chi connectivity index (χ0n) is 17.2. The molecule has 0 aliphatic carbocycles. The van der Waals surface area contributed by atoms with Crippen LogP contribution in [0.4, 0.5) is 14.5 Å². The maximum atomic E-state index is 14.1. The summed E-state index contributed by atoms with van der Waals surface area (Å²) in [7, 11) is 4.52. The van der Waals surface area contributed by atoms with Crippen molar-refractivity contribution >= 4 is 17.3 Å². The summed E-state index contributed by atoms with van der Waals surface area (Å²) in [6.07, 6.45) is 1.29. The Morgan fingerprint density at radius 2 is 1.71 bits per heavy atom. The van der Waals surface area contributed by atoms with E-state index in [0.29, 0.717) is 23.3 Å². The molecule has 1 aromatic heterocycles. The predicted octanol–water partition coefficient (Wildman–Crippen LogP) is 4.36. The van der Waals surface area contributed by atoms with Gasteiger partial charge in [0.25, 0.3) is 5.56 Å². The number of benzene rings is 2. The third-order valence-electron chi connectivity index (χ3n) is 4.62. The van der Waals surface area contributed by atoms with Gasteiger partial charge in [-0.15, -0.1) is 0 Å². The molecule has 164 valence electrons. The second kappa shape index (κ2) is 9.22. The van der Waals surface area contributed by atoms with Crippen molar-refractivity contribution in [3.63, 3.8) is 0 Å². The van der Waals surface area contributed by atoms with E-state index in [1.807, 2.05) is 6.92 Å². The van der Waals surface area contributed by atoms with Gasteiger partial charge in [-0.05, 0) is 36.8 Å². The van der Waals surface area contributed by atoms with Crippen LogP contribution in [-0.2, 0) is 0 Å². The van der Waals surface area contributed by atoms with E-state index in [9.17, 15) is 13.6 Å². The second-order valence-electron chi connectivity index (χ2n) is 6.51. The maximum absolute atomic E-state index is 14.1. The van der Waals surface area contributed by atoms with Crippen LogP contribution in [0.25, 0.3) is 5.69 Å². The number of nitrogens with one attached hydrogen (secondary N) is 1. The van der Waals surface area contributed by atoms with Gasteiger partial charge in [0.1, 0.15) is 16.5 Å². The lowest BCUT2D eigenvalue weighted by atomic mass is 10.1. The highest BCUT2D eigenvalue weighted by atomic mass is 35.5. The minimum absolute atomic E-state index is 0.196. The normalized spacial score (nSPS) is 11.7. The molecule has 0 spiro atoms. The van der Waals surface area contributed by atoms with E-state index in [4.69, 9.17) is 25.8 Å². The van der Waals surface area contributed by atoms with Crippen molar-refractivity contribution in [3.8, 4) is 22.9 Å². The van der Waals surface area contributed by atoms with Gasteiger partial charge in [-0.25, -0.2) is 8.78 Å². The maximum Gasteiger partial charge on any atom is 0.292 e. The molecule has 1 heterocycles. The Balaban J connectivity index is 1.95. The lowest BCUT2D eigenvalue weighted by molar-refractivity contribution is 0.323. The lowest BCUT2D eigenvalue weighted by Crippen LogP contribution is -2.24. The third kappa shape index (κ3) is 4.41. The Morgan fingerprint density at radius 3 is 2.26 bits per heavy atom. The van der Waals surface area contributed by atoms with Gasteiger partial charge in [-0.1, -0.05) is 11.6 Å². The SMILES string of the molecule is COc1cc(C(C)Nc2cnn(-c3ccc(F)cc3F)c(=O)c2Cl)cc(OC)c1OC. The number of hydrogen-bond acceptors (Lipinski definition) is 6. The Morgan fingerprint density at radius 1 is 1.06 bits per heavy atom. The Kier molecular flexibility index (Phi) is 6.65. The first-order valence-corrected chi connectivity index (χ1v) is 9.48. The molecule has 0 saturated heterocycles. The zero-order chi connectivity index (χ0) is 22.7. The predicted molar refractivity (Wildman–Crippen MR) is 113 cm³/mol. The fraction of sp³-hybridized carbons (Fsp3) is 0.238. The zero-order valence-corrected chi connectivity index (χ0v) is 18.0. The van der Waals surface area contributed by atoms with Crippen LogP contribution in [0.1, 0.15) is 18.5 Å². The molecular weight excluding hydrogens is 432 g/mol. The molecule has 0 aliphatic rings. The molecule has 3 aromatic rings. The summed E-state index contributed by atoms with van der Waals surface area (Å²) in [6.45, 7) is 1.84. The van der Waals surface area contributed by atoms with Gasteiger partial charge in [0.2, 0.25) is 5.75 Å². The van der Waals surface area contributed by atoms with Crippen molar-refractivity contribution in [2.45, 2.75) is 13.0 Å². The molecule has 7 nitrogen and oxygen atoms in total. The van der Waals surface area contributed by atoms with Gasteiger partial charge >= 0.3 is 0 Å². The molecule has 10 heteroatoms. The molecule has 0 bridgehead atoms. The topological polar surface area (TPSA) is 74.6 Å². The average molecular weight is 452 g/mol. The van der Waals surface area contributed by atoms with Gasteiger partial charge in [-0.2, -0.15) is 9.78 Å². The van der Waals surface area contributed by atoms with Crippen LogP contribution in [0, 0.1) is 11.6 Å². The van der Waals surface area contributed by atoms with Crippen molar-refractivity contribution in [2.75, 3.05) is 26.6 Å². The van der Waals surface area contributed by atoms with Gasteiger partial charge in [0.05, 0.1) is 33.2 Å². The van der Waals surface area contributed by atoms with E-state index in [0.717, 1.165) is 22.4 Å². The summed E-state index contributed by atoms with van der Waals surface area (Å²) < 4.78 is 44.0. The van der Waals surface area contributed by atoms with Crippen LogP contribution in [-0.4, -0.2) is 31.1 Å². The van der Waals surface area contributed by atoms with Crippen LogP contribution in [0.15, 0.2) is 41.3 Å². The molecule has 0 amide bonds. The highest BCUT2D eigenvalue weighted by molar-refractivity contribution is 6.33. The molecule has 0 radical (unpaired) electrons. The largest absolute Gasteiger partial charge is 0.493 e. The number of aromatic nitrogens is 2. The number of rotatable bonds is 7. The van der Waals surface area contributed by atoms with Crippen molar-refractivity contribution in [1.29, 1.82) is 0 Å². The standard InChI is InChI=1S/C21H20ClF2N3O4/c1-11(12-7-17(29-2)20(31-4)18(8-12)30-3)26-15-10-25-27(21(28)19(15)22)16-6-5-13(23)9-14(16)24/h5-11,26H,1-4H3. The molecular formula is C21H20ClF2N3O4. The smallest absolute Gasteiger partial charge is 0.292 e. The Labute approximate surface area is 182 Å². The molecule has 0 saturated carbocycles. The van der Waals surface area contributed by atoms with Crippen LogP contribution >= 0.6 is 11.6 Å². The molecule has 1 unspecified atom stereocenters. The Bertz CT molecular complexity index is 1140. The van der Waals surface area contributed by atoms with Gasteiger partial charge in [0, 0.05) is 12.1 Å². The minimum atomic E-state index is -0.933. The first-order valence-electron chi connectivity index (χ1n) is 9.10. The number of halogens is 3. The summed E-state index contributed by atoms with van der Waals surface area (Å²) in [4.78, 5) is 12.6. The minimum Gasteiger partial charge on any atom is -0.493 e. The third-order valence-corrected chi connectivity index (χ3v) is 4.98. The first-order chi connectivity index (χ1) is 14.8. The molecule has 3 rings (SSSR count). The summed E-state index contributed by atoms with van der Waals surface area (Å²) in [5, 5.41) is 6.87. The summed E-state index contributed by atoms with van der Waals surface area (Å²) >= 11 is 6.23. The summed E-state index contributed by atoms with van der Waals surface area (Å²) in [5.74, 6) is -0.312. The van der Waals surface area contributed by atoms with E-state index in [-0.39, 0.29) is 22.4 Å². The molecule has 0 aliphatic heterocycles. The summed E-state index contributed by atoms with van der Waals surface area (Å²) in [5.41, 5.74) is 0.0396. The van der Waals surface area contributed by atoms with Gasteiger partial charge in [-0.3, -0.25) is 4.79 Å². The average Bonchev–Trinajstić information content (AvgIpc) is 2.76. The molecule has 31 heavy (non-hydrogen) atoms. The first kappa shape index (κ1) is 22.4. The molecule has 0 fully saturated rings.